The maximum Gasteiger partial charge on any atom is 0.0693 e. The van der Waals surface area contributed by atoms with Crippen LogP contribution in [0.4, 0.5) is 0 Å². The van der Waals surface area contributed by atoms with Gasteiger partial charge in [0.1, 0.15) is 0 Å². The van der Waals surface area contributed by atoms with E-state index in [2.05, 4.69) is 135 Å². The highest BCUT2D eigenvalue weighted by molar-refractivity contribution is 5.94. The molecule has 5 heterocycles. The Morgan fingerprint density at radius 1 is 0.855 bits per heavy atom. The third-order valence-electron chi connectivity index (χ3n) is 11.5. The quantitative estimate of drug-likeness (QED) is 0.136. The SMILES string of the molecule is C=C(CC)CC[C@H]1Cc2cc3[nH]c(cc4nc(cc5[nH]c(c(CC(=C)CC)c1n2)c(C(=C)NCCC(=C)CC(C)(C)C)c5C)C(CC)=C4C)c(/C=C/C)c3C. The lowest BCUT2D eigenvalue weighted by Gasteiger charge is -2.20. The summed E-state index contributed by atoms with van der Waals surface area (Å²) >= 11 is 0. The predicted molar refractivity (Wildman–Crippen MR) is 241 cm³/mol. The van der Waals surface area contributed by atoms with E-state index in [1.807, 2.05) is 0 Å². The first-order chi connectivity index (χ1) is 26.1. The fourth-order valence-corrected chi connectivity index (χ4v) is 8.27. The van der Waals surface area contributed by atoms with Crippen molar-refractivity contribution in [1.29, 1.82) is 0 Å². The Hall–Kier alpha value is -4.64. The molecule has 3 aromatic rings. The number of allylic oxidation sites excluding steroid dienone is 5. The highest BCUT2D eigenvalue weighted by atomic mass is 14.9. The lowest BCUT2D eigenvalue weighted by molar-refractivity contribution is 0.404. The number of fused-ring (bicyclic) bond motifs is 8. The minimum atomic E-state index is 0.211. The molecule has 0 fully saturated rings. The molecule has 3 aromatic heterocycles. The lowest BCUT2D eigenvalue weighted by Crippen LogP contribution is -2.16. The monoisotopic (exact) mass is 738 g/mol. The Morgan fingerprint density at radius 2 is 1.55 bits per heavy atom. The van der Waals surface area contributed by atoms with Gasteiger partial charge in [-0.15, -0.1) is 0 Å². The summed E-state index contributed by atoms with van der Waals surface area (Å²) in [5.41, 5.74) is 21.8. The van der Waals surface area contributed by atoms with Gasteiger partial charge in [-0.05, 0) is 131 Å². The standard InChI is InChI=1S/C50H67N5/c1-15-19-40-34(9)42-26-38-25-37(21-20-30(5)16-2)48(52-38)41(24-31(6)17-3)49-47(36(11)51-23-22-32(7)29-50(12,13)14)35(10)44(55-49)28-45-39(18-4)33(8)43(54-45)27-46(40)53-42/h15,19,26-28,37,51,53,55H,5-7,11,16-18,20-25,29H2,1-4,8-10,12-14H3/b19-15+,38-26?,42-26?,43-27?,44-28?,45-28?,46-27?,48-41?,49-41?/t37-/m0/s1. The Morgan fingerprint density at radius 3 is 2.20 bits per heavy atom. The van der Waals surface area contributed by atoms with Gasteiger partial charge in [0.2, 0.25) is 0 Å². The van der Waals surface area contributed by atoms with Gasteiger partial charge in [0.25, 0.3) is 0 Å². The number of rotatable bonds is 15. The Kier molecular flexibility index (Phi) is 13.2. The van der Waals surface area contributed by atoms with E-state index in [-0.39, 0.29) is 11.3 Å². The van der Waals surface area contributed by atoms with E-state index in [4.69, 9.17) is 16.5 Å². The molecular weight excluding hydrogens is 671 g/mol. The van der Waals surface area contributed by atoms with E-state index in [0.29, 0.717) is 0 Å². The van der Waals surface area contributed by atoms with E-state index >= 15 is 0 Å². The first kappa shape index (κ1) is 41.5. The number of H-pyrrole nitrogens is 2. The van der Waals surface area contributed by atoms with Gasteiger partial charge in [0, 0.05) is 62.8 Å². The summed E-state index contributed by atoms with van der Waals surface area (Å²) in [6.07, 6.45) is 12.6. The summed E-state index contributed by atoms with van der Waals surface area (Å²) in [7, 11) is 0. The minimum absolute atomic E-state index is 0.211. The first-order valence-electron chi connectivity index (χ1n) is 20.6. The normalized spacial score (nSPS) is 14.5. The molecule has 0 spiro atoms. The molecule has 0 aromatic carbocycles. The van der Waals surface area contributed by atoms with E-state index in [1.54, 1.807) is 0 Å². The summed E-state index contributed by atoms with van der Waals surface area (Å²) in [4.78, 5) is 18.7. The molecule has 0 aliphatic carbocycles. The number of nitrogens with one attached hydrogen (secondary N) is 3. The smallest absolute Gasteiger partial charge is 0.0693 e. The van der Waals surface area contributed by atoms with Gasteiger partial charge in [0.15, 0.2) is 0 Å². The van der Waals surface area contributed by atoms with E-state index in [9.17, 15) is 0 Å². The predicted octanol–water partition coefficient (Wildman–Crippen LogP) is 13.8. The van der Waals surface area contributed by atoms with Crippen molar-refractivity contribution in [1.82, 2.24) is 25.3 Å². The van der Waals surface area contributed by atoms with Crippen LogP contribution < -0.4 is 5.32 Å². The molecule has 2 aliphatic rings. The van der Waals surface area contributed by atoms with Crippen molar-refractivity contribution < 1.29 is 0 Å². The number of hydrogen-bond donors (Lipinski definition) is 3. The van der Waals surface area contributed by atoms with Crippen LogP contribution in [0.15, 0.2) is 67.3 Å². The zero-order valence-electron chi connectivity index (χ0n) is 35.8. The zero-order chi connectivity index (χ0) is 40.2. The van der Waals surface area contributed by atoms with Crippen molar-refractivity contribution in [2.24, 2.45) is 5.41 Å². The summed E-state index contributed by atoms with van der Waals surface area (Å²) in [5, 5.41) is 3.73. The van der Waals surface area contributed by atoms with Gasteiger partial charge in [-0.3, -0.25) is 4.98 Å². The highest BCUT2D eigenvalue weighted by Gasteiger charge is 2.27. The average Bonchev–Trinajstić information content (AvgIpc) is 3.84. The molecule has 0 saturated carbocycles. The molecule has 0 amide bonds. The van der Waals surface area contributed by atoms with Crippen LogP contribution in [-0.4, -0.2) is 26.5 Å². The fraction of sp³-hybridized carbons (Fsp3) is 0.440. The summed E-state index contributed by atoms with van der Waals surface area (Å²) < 4.78 is 0. The lowest BCUT2D eigenvalue weighted by atomic mass is 9.87. The van der Waals surface area contributed by atoms with Crippen molar-refractivity contribution >= 4 is 45.0 Å². The topological polar surface area (TPSA) is 69.4 Å². The maximum absolute atomic E-state index is 5.58. The second kappa shape index (κ2) is 17.4. The van der Waals surface area contributed by atoms with Crippen molar-refractivity contribution in [3.8, 4) is 0 Å². The molecule has 0 unspecified atom stereocenters. The van der Waals surface area contributed by atoms with Gasteiger partial charge < -0.3 is 15.3 Å². The molecule has 5 nitrogen and oxygen atoms in total. The van der Waals surface area contributed by atoms with Crippen LogP contribution in [0.1, 0.15) is 157 Å². The van der Waals surface area contributed by atoms with Crippen LogP contribution in [-0.2, 0) is 12.8 Å². The third kappa shape index (κ3) is 9.43. The van der Waals surface area contributed by atoms with Crippen LogP contribution in [0.3, 0.4) is 0 Å². The van der Waals surface area contributed by atoms with E-state index < -0.39 is 0 Å². The molecule has 1 atom stereocenters. The molecular formula is C50H67N5. The second-order valence-electron chi connectivity index (χ2n) is 17.1. The van der Waals surface area contributed by atoms with Gasteiger partial charge in [-0.2, -0.15) is 0 Å². The van der Waals surface area contributed by atoms with Crippen LogP contribution in [0.5, 0.6) is 0 Å². The second-order valence-corrected chi connectivity index (χ2v) is 17.1. The van der Waals surface area contributed by atoms with Crippen LogP contribution in [0, 0.1) is 19.3 Å². The largest absolute Gasteiger partial charge is 0.385 e. The maximum atomic E-state index is 5.58. The summed E-state index contributed by atoms with van der Waals surface area (Å²) in [6.45, 7) is 41.0. The molecule has 5 heteroatoms. The van der Waals surface area contributed by atoms with Crippen molar-refractivity contribution in [3.63, 3.8) is 0 Å². The third-order valence-corrected chi connectivity index (χ3v) is 11.5. The van der Waals surface area contributed by atoms with Gasteiger partial charge in [0.05, 0.1) is 16.9 Å². The summed E-state index contributed by atoms with van der Waals surface area (Å²) in [5.74, 6) is 0.250. The number of aryl methyl sites for hydroxylation is 2. The number of aromatic amines is 2. The van der Waals surface area contributed by atoms with Crippen LogP contribution >= 0.6 is 0 Å². The number of hydrogen-bond acceptors (Lipinski definition) is 3. The van der Waals surface area contributed by atoms with Crippen LogP contribution in [0.2, 0.25) is 0 Å². The van der Waals surface area contributed by atoms with Crippen molar-refractivity contribution in [3.05, 3.63) is 118 Å². The molecule has 5 rings (SSSR count). The molecule has 0 saturated heterocycles. The van der Waals surface area contributed by atoms with E-state index in [0.717, 1.165) is 126 Å². The van der Waals surface area contributed by atoms with Gasteiger partial charge in [-0.1, -0.05) is 96.7 Å². The molecule has 2 aliphatic heterocycles. The number of nitrogens with zero attached hydrogens (tertiary/aromatic N) is 2. The minimum Gasteiger partial charge on any atom is -0.385 e. The van der Waals surface area contributed by atoms with Gasteiger partial charge in [-0.25, -0.2) is 4.98 Å². The van der Waals surface area contributed by atoms with Crippen LogP contribution in [0.25, 0.3) is 45.0 Å². The zero-order valence-corrected chi connectivity index (χ0v) is 35.8. The fourth-order valence-electron chi connectivity index (χ4n) is 8.27. The molecule has 3 N–H and O–H groups in total. The molecule has 8 bridgehead atoms. The Labute approximate surface area is 332 Å². The van der Waals surface area contributed by atoms with Crippen molar-refractivity contribution in [2.75, 3.05) is 6.54 Å². The van der Waals surface area contributed by atoms with Gasteiger partial charge >= 0.3 is 0 Å². The molecule has 55 heavy (non-hydrogen) atoms. The average molecular weight is 738 g/mol. The Bertz CT molecular complexity index is 2220. The molecule has 292 valence electrons. The Balaban J connectivity index is 1.88. The first-order valence-corrected chi connectivity index (χ1v) is 20.6. The van der Waals surface area contributed by atoms with E-state index in [1.165, 1.54) is 44.6 Å². The molecule has 0 radical (unpaired) electrons. The van der Waals surface area contributed by atoms with Crippen molar-refractivity contribution in [2.45, 2.75) is 133 Å². The highest BCUT2D eigenvalue weighted by Crippen LogP contribution is 2.39. The number of aromatic nitrogens is 4. The summed E-state index contributed by atoms with van der Waals surface area (Å²) in [6, 6.07) is 6.76.